The Hall–Kier alpha value is -2.80. The number of ether oxygens (including phenoxy) is 2. The normalized spacial score (nSPS) is 11.7. The van der Waals surface area contributed by atoms with Gasteiger partial charge in [-0.25, -0.2) is 4.79 Å². The quantitative estimate of drug-likeness (QED) is 0.392. The Labute approximate surface area is 182 Å². The number of benzene rings is 2. The summed E-state index contributed by atoms with van der Waals surface area (Å²) in [6.07, 6.45) is -4.84. The summed E-state index contributed by atoms with van der Waals surface area (Å²) in [6.45, 7) is 5.61. The second-order valence-electron chi connectivity index (χ2n) is 7.22. The molecule has 0 aliphatic rings. The molecule has 0 saturated heterocycles. The molecule has 0 aliphatic carbocycles. The molecule has 0 N–H and O–H groups in total. The van der Waals surface area contributed by atoms with E-state index in [4.69, 9.17) is 16.3 Å². The van der Waals surface area contributed by atoms with E-state index < -0.39 is 12.3 Å². The average Bonchev–Trinajstić information content (AvgIpc) is 2.68. The Bertz CT molecular complexity index is 1110. The van der Waals surface area contributed by atoms with E-state index in [0.29, 0.717) is 27.2 Å². The number of nitrogens with zero attached hydrogens (tertiary/aromatic N) is 1. The number of hydrogen-bond acceptors (Lipinski definition) is 4. The fourth-order valence-corrected chi connectivity index (χ4v) is 3.59. The maximum atomic E-state index is 12.9. The van der Waals surface area contributed by atoms with Crippen LogP contribution in [0.2, 0.25) is 5.02 Å². The molecule has 0 spiro atoms. The van der Waals surface area contributed by atoms with E-state index in [1.54, 1.807) is 31.2 Å². The van der Waals surface area contributed by atoms with Gasteiger partial charge < -0.3 is 9.47 Å². The first-order chi connectivity index (χ1) is 14.6. The van der Waals surface area contributed by atoms with E-state index in [1.165, 1.54) is 18.2 Å². The smallest absolute Gasteiger partial charge is 0.462 e. The summed E-state index contributed by atoms with van der Waals surface area (Å²) in [5.41, 5.74) is 2.11. The van der Waals surface area contributed by atoms with Gasteiger partial charge in [0.05, 0.1) is 23.4 Å². The number of carbonyl (C=O) groups is 1. The number of carbonyl (C=O) groups excluding carboxylic acids is 1. The molecule has 0 radical (unpaired) electrons. The third-order valence-corrected chi connectivity index (χ3v) is 4.91. The van der Waals surface area contributed by atoms with Crippen molar-refractivity contribution in [3.8, 4) is 5.75 Å². The minimum absolute atomic E-state index is 0.000513. The highest BCUT2D eigenvalue weighted by Gasteiger charge is 2.32. The van der Waals surface area contributed by atoms with Gasteiger partial charge in [-0.1, -0.05) is 43.6 Å². The lowest BCUT2D eigenvalue weighted by atomic mass is 9.91. The average molecular weight is 452 g/mol. The van der Waals surface area contributed by atoms with Crippen molar-refractivity contribution in [3.05, 3.63) is 69.9 Å². The van der Waals surface area contributed by atoms with Crippen molar-refractivity contribution < 1.29 is 27.4 Å². The van der Waals surface area contributed by atoms with E-state index in [0.717, 1.165) is 0 Å². The monoisotopic (exact) mass is 451 g/mol. The van der Waals surface area contributed by atoms with Crippen LogP contribution in [-0.2, 0) is 11.2 Å². The lowest BCUT2D eigenvalue weighted by molar-refractivity contribution is -0.274. The van der Waals surface area contributed by atoms with E-state index in [-0.39, 0.29) is 35.8 Å². The molecule has 0 amide bonds. The van der Waals surface area contributed by atoms with Gasteiger partial charge in [-0.2, -0.15) is 0 Å². The molecule has 0 fully saturated rings. The Balaban J connectivity index is 2.29. The first kappa shape index (κ1) is 22.9. The minimum atomic E-state index is -4.84. The summed E-state index contributed by atoms with van der Waals surface area (Å²) in [7, 11) is 0. The van der Waals surface area contributed by atoms with Crippen molar-refractivity contribution in [2.75, 3.05) is 6.61 Å². The number of pyridine rings is 1. The predicted molar refractivity (Wildman–Crippen MR) is 113 cm³/mol. The third-order valence-electron chi connectivity index (χ3n) is 4.67. The Morgan fingerprint density at radius 1 is 1.16 bits per heavy atom. The molecule has 2 aromatic carbocycles. The van der Waals surface area contributed by atoms with Crippen LogP contribution in [0.4, 0.5) is 13.2 Å². The maximum absolute atomic E-state index is 12.9. The van der Waals surface area contributed by atoms with Crippen molar-refractivity contribution in [2.45, 2.75) is 39.5 Å². The molecule has 164 valence electrons. The third kappa shape index (κ3) is 5.28. The number of hydrogen-bond donors (Lipinski definition) is 0. The summed E-state index contributed by atoms with van der Waals surface area (Å²) < 4.78 is 48.2. The Morgan fingerprint density at radius 3 is 2.52 bits per heavy atom. The molecule has 31 heavy (non-hydrogen) atoms. The molecule has 0 bridgehead atoms. The lowest BCUT2D eigenvalue weighted by Gasteiger charge is -2.20. The number of rotatable bonds is 6. The number of halogens is 4. The first-order valence-corrected chi connectivity index (χ1v) is 10.1. The Morgan fingerprint density at radius 2 is 1.87 bits per heavy atom. The topological polar surface area (TPSA) is 48.4 Å². The zero-order chi connectivity index (χ0) is 22.8. The van der Waals surface area contributed by atoms with Crippen molar-refractivity contribution >= 4 is 28.5 Å². The van der Waals surface area contributed by atoms with Gasteiger partial charge in [-0.3, -0.25) is 4.98 Å². The van der Waals surface area contributed by atoms with Gasteiger partial charge in [-0.15, -0.1) is 13.2 Å². The van der Waals surface area contributed by atoms with Crippen LogP contribution in [-0.4, -0.2) is 23.9 Å². The standard InChI is InChI=1S/C23H21ClF3NO3/c1-4-30-22(29)20-17(11-14-7-5-6-8-19(14)31-23(25,26)27)16-12-15(24)9-10-18(16)28-21(20)13(2)3/h5-10,12-13H,4,11H2,1-3H3. The van der Waals surface area contributed by atoms with Crippen molar-refractivity contribution in [3.63, 3.8) is 0 Å². The zero-order valence-corrected chi connectivity index (χ0v) is 18.0. The highest BCUT2D eigenvalue weighted by atomic mass is 35.5. The highest BCUT2D eigenvalue weighted by Crippen LogP contribution is 2.35. The van der Waals surface area contributed by atoms with Gasteiger partial charge in [0.15, 0.2) is 0 Å². The summed E-state index contributed by atoms with van der Waals surface area (Å²) in [5.74, 6) is -1.03. The molecule has 1 aromatic heterocycles. The van der Waals surface area contributed by atoms with E-state index >= 15 is 0 Å². The summed E-state index contributed by atoms with van der Waals surface area (Å²) in [4.78, 5) is 17.5. The fourth-order valence-electron chi connectivity index (χ4n) is 3.42. The van der Waals surface area contributed by atoms with Gasteiger partial charge in [0.25, 0.3) is 0 Å². The minimum Gasteiger partial charge on any atom is -0.462 e. The van der Waals surface area contributed by atoms with Gasteiger partial charge in [0.2, 0.25) is 0 Å². The second kappa shape index (κ2) is 9.14. The van der Waals surface area contributed by atoms with Crippen LogP contribution in [0.25, 0.3) is 10.9 Å². The van der Waals surface area contributed by atoms with Gasteiger partial charge >= 0.3 is 12.3 Å². The first-order valence-electron chi connectivity index (χ1n) is 9.73. The lowest BCUT2D eigenvalue weighted by Crippen LogP contribution is -2.19. The second-order valence-corrected chi connectivity index (χ2v) is 7.66. The molecule has 0 atom stereocenters. The van der Waals surface area contributed by atoms with E-state index in [1.807, 2.05) is 13.8 Å². The maximum Gasteiger partial charge on any atom is 0.573 e. The van der Waals surface area contributed by atoms with Crippen LogP contribution in [0.5, 0.6) is 5.75 Å². The molecule has 0 unspecified atom stereocenters. The SMILES string of the molecule is CCOC(=O)c1c(C(C)C)nc2ccc(Cl)cc2c1Cc1ccccc1OC(F)(F)F. The van der Waals surface area contributed by atoms with E-state index in [2.05, 4.69) is 9.72 Å². The number of para-hydroxylation sites is 1. The molecule has 3 aromatic rings. The van der Waals surface area contributed by atoms with Crippen molar-refractivity contribution in [1.82, 2.24) is 4.98 Å². The summed E-state index contributed by atoms with van der Waals surface area (Å²) in [6, 6.07) is 10.9. The number of fused-ring (bicyclic) bond motifs is 1. The zero-order valence-electron chi connectivity index (χ0n) is 17.2. The van der Waals surface area contributed by atoms with Crippen LogP contribution >= 0.6 is 11.6 Å². The van der Waals surface area contributed by atoms with Gasteiger partial charge in [0.1, 0.15) is 5.75 Å². The predicted octanol–water partition coefficient (Wildman–Crippen LogP) is 6.68. The molecule has 8 heteroatoms. The van der Waals surface area contributed by atoms with Crippen LogP contribution in [0.3, 0.4) is 0 Å². The van der Waals surface area contributed by atoms with Crippen molar-refractivity contribution in [1.29, 1.82) is 0 Å². The Kier molecular flexibility index (Phi) is 6.74. The number of alkyl halides is 3. The van der Waals surface area contributed by atoms with Gasteiger partial charge in [0, 0.05) is 16.8 Å². The molecular formula is C23H21ClF3NO3. The number of aromatic nitrogens is 1. The van der Waals surface area contributed by atoms with Crippen LogP contribution in [0.15, 0.2) is 42.5 Å². The molecule has 3 rings (SSSR count). The van der Waals surface area contributed by atoms with E-state index in [9.17, 15) is 18.0 Å². The largest absolute Gasteiger partial charge is 0.573 e. The molecule has 4 nitrogen and oxygen atoms in total. The molecule has 0 saturated carbocycles. The molecule has 0 aliphatic heterocycles. The summed E-state index contributed by atoms with van der Waals surface area (Å²) >= 11 is 6.19. The van der Waals surface area contributed by atoms with Crippen LogP contribution in [0.1, 0.15) is 53.9 Å². The number of esters is 1. The fraction of sp³-hybridized carbons (Fsp3) is 0.304. The summed E-state index contributed by atoms with van der Waals surface area (Å²) in [5, 5.41) is 0.990. The van der Waals surface area contributed by atoms with Crippen LogP contribution < -0.4 is 4.74 Å². The van der Waals surface area contributed by atoms with Gasteiger partial charge in [-0.05, 0) is 48.2 Å². The van der Waals surface area contributed by atoms with Crippen molar-refractivity contribution in [2.24, 2.45) is 0 Å². The van der Waals surface area contributed by atoms with Crippen LogP contribution in [0, 0.1) is 0 Å². The molecular weight excluding hydrogens is 431 g/mol. The molecule has 1 heterocycles. The highest BCUT2D eigenvalue weighted by molar-refractivity contribution is 6.31.